The first-order valence-electron chi connectivity index (χ1n) is 5.96. The molecule has 0 fully saturated rings. The Bertz CT molecular complexity index is 662. The third-order valence-electron chi connectivity index (χ3n) is 2.85. The normalized spacial score (nSPS) is 11.4. The zero-order valence-corrected chi connectivity index (χ0v) is 14.0. The molecule has 0 aliphatic carbocycles. The van der Waals surface area contributed by atoms with Crippen LogP contribution < -0.4 is 11.1 Å². The molecule has 0 saturated heterocycles. The van der Waals surface area contributed by atoms with Gasteiger partial charge in [-0.05, 0) is 18.2 Å². The lowest BCUT2D eigenvalue weighted by Crippen LogP contribution is -2.31. The van der Waals surface area contributed by atoms with Crippen molar-refractivity contribution in [2.75, 3.05) is 20.6 Å². The van der Waals surface area contributed by atoms with E-state index in [1.54, 1.807) is 0 Å². The number of benzene rings is 1. The Balaban J connectivity index is 3.00. The Labute approximate surface area is 134 Å². The third kappa shape index (κ3) is 4.37. The van der Waals surface area contributed by atoms with E-state index in [4.69, 9.17) is 29.6 Å². The van der Waals surface area contributed by atoms with E-state index in [0.717, 1.165) is 4.31 Å². The van der Waals surface area contributed by atoms with Crippen LogP contribution in [0.4, 0.5) is 0 Å². The summed E-state index contributed by atoms with van der Waals surface area (Å²) in [4.78, 5) is 11.3. The second-order valence-corrected chi connectivity index (χ2v) is 7.15. The maximum atomic E-state index is 12.3. The molecule has 1 rings (SSSR count). The van der Waals surface area contributed by atoms with E-state index in [1.807, 2.05) is 0 Å². The van der Waals surface area contributed by atoms with E-state index in [-0.39, 0.29) is 33.8 Å². The molecule has 0 aliphatic rings. The van der Waals surface area contributed by atoms with Gasteiger partial charge in [0, 0.05) is 32.6 Å². The summed E-state index contributed by atoms with van der Waals surface area (Å²) >= 11 is 10.8. The third-order valence-corrected chi connectivity index (χ3v) is 5.23. The van der Waals surface area contributed by atoms with Crippen LogP contribution in [0.2, 0.25) is 5.02 Å². The number of carbonyl (C=O) groups excluding carboxylic acids is 1. The summed E-state index contributed by atoms with van der Waals surface area (Å²) in [7, 11) is -0.835. The summed E-state index contributed by atoms with van der Waals surface area (Å²) in [6.07, 6.45) is 0.0743. The van der Waals surface area contributed by atoms with Crippen molar-refractivity contribution in [1.82, 2.24) is 9.62 Å². The Morgan fingerprint density at radius 1 is 1.48 bits per heavy atom. The Kier molecular flexibility index (Phi) is 6.09. The van der Waals surface area contributed by atoms with Crippen LogP contribution in [0.3, 0.4) is 0 Å². The molecule has 9 heteroatoms. The maximum Gasteiger partial charge on any atom is 0.242 e. The second-order valence-electron chi connectivity index (χ2n) is 4.26. The number of nitrogens with one attached hydrogen (secondary N) is 1. The quantitative estimate of drug-likeness (QED) is 0.739. The van der Waals surface area contributed by atoms with Crippen molar-refractivity contribution in [2.45, 2.75) is 11.3 Å². The molecule has 116 valence electrons. The van der Waals surface area contributed by atoms with Gasteiger partial charge in [-0.1, -0.05) is 23.8 Å². The molecule has 0 atom stereocenters. The summed E-state index contributed by atoms with van der Waals surface area (Å²) in [6.45, 7) is 0.0661. The van der Waals surface area contributed by atoms with Crippen LogP contribution in [0.1, 0.15) is 12.0 Å². The number of sulfonamides is 1. The number of thiocarbonyl (C=S) groups is 1. The largest absolute Gasteiger partial charge is 0.389 e. The van der Waals surface area contributed by atoms with Crippen LogP contribution in [0.25, 0.3) is 0 Å². The smallest absolute Gasteiger partial charge is 0.242 e. The zero-order valence-electron chi connectivity index (χ0n) is 11.6. The van der Waals surface area contributed by atoms with Crippen LogP contribution in [0, 0.1) is 0 Å². The van der Waals surface area contributed by atoms with Crippen LogP contribution in [0.5, 0.6) is 0 Å². The molecule has 0 radical (unpaired) electrons. The molecule has 0 heterocycles. The molecular formula is C12H16ClN3O3S2. The molecule has 0 aliphatic heterocycles. The summed E-state index contributed by atoms with van der Waals surface area (Å²) in [5.41, 5.74) is 5.89. The van der Waals surface area contributed by atoms with Crippen molar-refractivity contribution in [3.8, 4) is 0 Å². The van der Waals surface area contributed by atoms with Crippen molar-refractivity contribution in [1.29, 1.82) is 0 Å². The van der Waals surface area contributed by atoms with Crippen LogP contribution in [-0.4, -0.2) is 44.3 Å². The summed E-state index contributed by atoms with van der Waals surface area (Å²) in [5, 5.41) is 2.60. The highest BCUT2D eigenvalue weighted by Gasteiger charge is 2.22. The van der Waals surface area contributed by atoms with E-state index < -0.39 is 10.0 Å². The second kappa shape index (κ2) is 7.17. The number of nitrogens with zero attached hydrogens (tertiary/aromatic N) is 1. The molecule has 21 heavy (non-hydrogen) atoms. The van der Waals surface area contributed by atoms with Gasteiger partial charge in [-0.25, -0.2) is 12.7 Å². The van der Waals surface area contributed by atoms with Gasteiger partial charge in [0.25, 0.3) is 0 Å². The molecule has 1 amide bonds. The van der Waals surface area contributed by atoms with Gasteiger partial charge >= 0.3 is 0 Å². The fraction of sp³-hybridized carbons (Fsp3) is 0.333. The molecule has 0 aromatic heterocycles. The molecule has 0 saturated carbocycles. The van der Waals surface area contributed by atoms with E-state index in [0.29, 0.717) is 5.56 Å². The van der Waals surface area contributed by atoms with E-state index in [9.17, 15) is 13.2 Å². The highest BCUT2D eigenvalue weighted by atomic mass is 35.5. The van der Waals surface area contributed by atoms with Crippen molar-refractivity contribution in [3.63, 3.8) is 0 Å². The predicted molar refractivity (Wildman–Crippen MR) is 85.8 cm³/mol. The monoisotopic (exact) mass is 349 g/mol. The SMILES string of the molecule is CNC(=O)CCN(C)S(=O)(=O)c1ccc(C(N)=S)c(Cl)c1. The van der Waals surface area contributed by atoms with Gasteiger partial charge < -0.3 is 11.1 Å². The number of carbonyl (C=O) groups is 1. The first-order chi connectivity index (χ1) is 9.70. The topological polar surface area (TPSA) is 92.5 Å². The number of hydrogen-bond acceptors (Lipinski definition) is 4. The molecular weight excluding hydrogens is 334 g/mol. The zero-order chi connectivity index (χ0) is 16.2. The van der Waals surface area contributed by atoms with Gasteiger partial charge in [-0.2, -0.15) is 0 Å². The number of rotatable bonds is 6. The first kappa shape index (κ1) is 17.8. The van der Waals surface area contributed by atoms with Crippen LogP contribution in [0.15, 0.2) is 23.1 Å². The summed E-state index contributed by atoms with van der Waals surface area (Å²) in [6, 6.07) is 4.14. The number of nitrogens with two attached hydrogens (primary N) is 1. The average molecular weight is 350 g/mol. The lowest BCUT2D eigenvalue weighted by Gasteiger charge is -2.17. The molecule has 1 aromatic rings. The number of hydrogen-bond donors (Lipinski definition) is 2. The first-order valence-corrected chi connectivity index (χ1v) is 8.19. The molecule has 6 nitrogen and oxygen atoms in total. The van der Waals surface area contributed by atoms with Gasteiger partial charge in [0.15, 0.2) is 0 Å². The number of halogens is 1. The minimum Gasteiger partial charge on any atom is -0.389 e. The molecule has 3 N–H and O–H groups in total. The van der Waals surface area contributed by atoms with Crippen molar-refractivity contribution in [3.05, 3.63) is 28.8 Å². The van der Waals surface area contributed by atoms with Gasteiger partial charge in [0.1, 0.15) is 4.99 Å². The van der Waals surface area contributed by atoms with Gasteiger partial charge in [0.2, 0.25) is 15.9 Å². The van der Waals surface area contributed by atoms with Gasteiger partial charge in [0.05, 0.1) is 9.92 Å². The van der Waals surface area contributed by atoms with Crippen molar-refractivity contribution >= 4 is 44.7 Å². The highest BCUT2D eigenvalue weighted by Crippen LogP contribution is 2.23. The number of amides is 1. The van der Waals surface area contributed by atoms with Crippen molar-refractivity contribution < 1.29 is 13.2 Å². The fourth-order valence-corrected chi connectivity index (χ4v) is 3.32. The van der Waals surface area contributed by atoms with E-state index in [2.05, 4.69) is 5.32 Å². The van der Waals surface area contributed by atoms with Gasteiger partial charge in [-0.3, -0.25) is 4.79 Å². The summed E-state index contributed by atoms with van der Waals surface area (Å²) in [5.74, 6) is -0.237. The van der Waals surface area contributed by atoms with Crippen LogP contribution in [-0.2, 0) is 14.8 Å². The van der Waals surface area contributed by atoms with E-state index >= 15 is 0 Å². The molecule has 0 spiro atoms. The molecule has 0 unspecified atom stereocenters. The Morgan fingerprint density at radius 2 is 2.10 bits per heavy atom. The standard InChI is InChI=1S/C12H16ClN3O3S2/c1-15-11(17)5-6-16(2)21(18,19)8-3-4-9(12(14)20)10(13)7-8/h3-4,7H,5-6H2,1-2H3,(H2,14,20)(H,15,17). The average Bonchev–Trinajstić information content (AvgIpc) is 2.43. The lowest BCUT2D eigenvalue weighted by molar-refractivity contribution is -0.120. The minimum absolute atomic E-state index is 0.0203. The maximum absolute atomic E-state index is 12.3. The van der Waals surface area contributed by atoms with Gasteiger partial charge in [-0.15, -0.1) is 0 Å². The Morgan fingerprint density at radius 3 is 2.57 bits per heavy atom. The lowest BCUT2D eigenvalue weighted by atomic mass is 10.2. The fourth-order valence-electron chi connectivity index (χ4n) is 1.54. The predicted octanol–water partition coefficient (Wildman–Crippen LogP) is 0.731. The minimum atomic E-state index is -3.72. The van der Waals surface area contributed by atoms with Crippen molar-refractivity contribution in [2.24, 2.45) is 5.73 Å². The molecule has 0 bridgehead atoms. The van der Waals surface area contributed by atoms with E-state index in [1.165, 1.54) is 32.3 Å². The summed E-state index contributed by atoms with van der Waals surface area (Å²) < 4.78 is 25.8. The molecule has 1 aromatic carbocycles. The van der Waals surface area contributed by atoms with Crippen LogP contribution >= 0.6 is 23.8 Å². The Hall–Kier alpha value is -1.22. The highest BCUT2D eigenvalue weighted by molar-refractivity contribution is 7.89.